The predicted molar refractivity (Wildman–Crippen MR) is 50.2 cm³/mol. The van der Waals surface area contributed by atoms with Gasteiger partial charge in [-0.3, -0.25) is 5.10 Å². The molecule has 17 heavy (non-hydrogen) atoms. The van der Waals surface area contributed by atoms with Crippen LogP contribution in [0.3, 0.4) is 0 Å². The number of aryl methyl sites for hydroxylation is 2. The lowest BCUT2D eigenvalue weighted by atomic mass is 10.3. The van der Waals surface area contributed by atoms with Gasteiger partial charge in [-0.2, -0.15) is 13.2 Å². The molecule has 0 aliphatic heterocycles. The van der Waals surface area contributed by atoms with Crippen molar-refractivity contribution in [2.24, 2.45) is 0 Å². The van der Waals surface area contributed by atoms with Crippen LogP contribution in [0.2, 0.25) is 0 Å². The van der Waals surface area contributed by atoms with E-state index in [0.29, 0.717) is 17.3 Å². The number of oxazole rings is 1. The first-order valence-electron chi connectivity index (χ1n) is 4.77. The van der Waals surface area contributed by atoms with Crippen molar-refractivity contribution >= 4 is 0 Å². The summed E-state index contributed by atoms with van der Waals surface area (Å²) < 4.78 is 42.0. The smallest absolute Gasteiger partial charge is 0.445 e. The molecule has 2 aromatic heterocycles. The van der Waals surface area contributed by atoms with Gasteiger partial charge in [0.15, 0.2) is 5.89 Å². The average Bonchev–Trinajstić information content (AvgIpc) is 2.74. The zero-order valence-electron chi connectivity index (χ0n) is 9.09. The lowest BCUT2D eigenvalue weighted by Crippen LogP contribution is -2.07. The second-order valence-corrected chi connectivity index (χ2v) is 3.52. The van der Waals surface area contributed by atoms with Crippen molar-refractivity contribution in [2.45, 2.75) is 26.4 Å². The van der Waals surface area contributed by atoms with Crippen molar-refractivity contribution in [1.29, 1.82) is 0 Å². The zero-order valence-corrected chi connectivity index (χ0v) is 9.09. The van der Waals surface area contributed by atoms with E-state index in [2.05, 4.69) is 20.2 Å². The molecule has 0 bridgehead atoms. The van der Waals surface area contributed by atoms with Crippen LogP contribution in [0.1, 0.15) is 29.0 Å². The topological polar surface area (TPSA) is 67.6 Å². The van der Waals surface area contributed by atoms with Crippen LogP contribution in [0.15, 0.2) is 4.42 Å². The molecule has 0 aliphatic carbocycles. The highest BCUT2D eigenvalue weighted by molar-refractivity contribution is 5.13. The molecule has 2 heterocycles. The Morgan fingerprint density at radius 1 is 1.24 bits per heavy atom. The van der Waals surface area contributed by atoms with Crippen molar-refractivity contribution in [2.75, 3.05) is 0 Å². The number of halogens is 3. The maximum absolute atomic E-state index is 12.2. The van der Waals surface area contributed by atoms with Gasteiger partial charge in [0.2, 0.25) is 0 Å². The number of alkyl halides is 3. The number of aromatic nitrogens is 4. The SMILES string of the molecule is Cc1nc(C)c(Cc2nc(C(F)(F)F)n[nH]2)o1. The van der Waals surface area contributed by atoms with Crippen LogP contribution in [-0.2, 0) is 12.6 Å². The van der Waals surface area contributed by atoms with E-state index in [1.165, 1.54) is 0 Å². The van der Waals surface area contributed by atoms with E-state index < -0.39 is 12.0 Å². The van der Waals surface area contributed by atoms with Crippen molar-refractivity contribution in [1.82, 2.24) is 20.2 Å². The lowest BCUT2D eigenvalue weighted by molar-refractivity contribution is -0.144. The van der Waals surface area contributed by atoms with Gasteiger partial charge in [-0.25, -0.2) is 9.97 Å². The Morgan fingerprint density at radius 2 is 1.94 bits per heavy atom. The minimum absolute atomic E-state index is 0.0941. The van der Waals surface area contributed by atoms with E-state index in [1.807, 2.05) is 0 Å². The van der Waals surface area contributed by atoms with Crippen LogP contribution in [0.4, 0.5) is 13.2 Å². The van der Waals surface area contributed by atoms with Gasteiger partial charge in [-0.05, 0) is 6.92 Å². The van der Waals surface area contributed by atoms with Gasteiger partial charge >= 0.3 is 6.18 Å². The molecule has 0 spiro atoms. The molecule has 0 fully saturated rings. The monoisotopic (exact) mass is 246 g/mol. The van der Waals surface area contributed by atoms with Crippen molar-refractivity contribution in [3.05, 3.63) is 29.0 Å². The summed E-state index contributed by atoms with van der Waals surface area (Å²) in [4.78, 5) is 7.36. The standard InChI is InChI=1S/C9H9F3N4O/c1-4-6(17-5(2)13-4)3-7-14-8(16-15-7)9(10,11)12/h3H2,1-2H3,(H,14,15,16). The number of nitrogens with one attached hydrogen (secondary N) is 1. The van der Waals surface area contributed by atoms with Gasteiger partial charge in [-0.15, -0.1) is 5.10 Å². The Balaban J connectivity index is 2.20. The zero-order chi connectivity index (χ0) is 12.6. The molecule has 2 aromatic rings. The summed E-state index contributed by atoms with van der Waals surface area (Å²) in [5.41, 5.74) is 0.632. The Bertz CT molecular complexity index is 529. The molecular weight excluding hydrogens is 237 g/mol. The lowest BCUT2D eigenvalue weighted by Gasteiger charge is -1.97. The highest BCUT2D eigenvalue weighted by Gasteiger charge is 2.36. The Morgan fingerprint density at radius 3 is 2.41 bits per heavy atom. The first kappa shape index (κ1) is 11.6. The molecule has 1 N–H and O–H groups in total. The third-order valence-corrected chi connectivity index (χ3v) is 2.11. The van der Waals surface area contributed by atoms with E-state index in [0.717, 1.165) is 0 Å². The number of hydrogen-bond acceptors (Lipinski definition) is 4. The summed E-state index contributed by atoms with van der Waals surface area (Å²) in [6, 6.07) is 0. The third kappa shape index (κ3) is 2.45. The third-order valence-electron chi connectivity index (χ3n) is 2.11. The number of aromatic amines is 1. The van der Waals surface area contributed by atoms with E-state index in [9.17, 15) is 13.2 Å². The summed E-state index contributed by atoms with van der Waals surface area (Å²) >= 11 is 0. The fourth-order valence-electron chi connectivity index (χ4n) is 1.39. The molecule has 92 valence electrons. The quantitative estimate of drug-likeness (QED) is 0.880. The van der Waals surface area contributed by atoms with Crippen LogP contribution >= 0.6 is 0 Å². The highest BCUT2D eigenvalue weighted by Crippen LogP contribution is 2.26. The van der Waals surface area contributed by atoms with E-state index in [4.69, 9.17) is 4.42 Å². The highest BCUT2D eigenvalue weighted by atomic mass is 19.4. The number of H-pyrrole nitrogens is 1. The van der Waals surface area contributed by atoms with Crippen LogP contribution in [0.5, 0.6) is 0 Å². The van der Waals surface area contributed by atoms with Crippen LogP contribution < -0.4 is 0 Å². The molecule has 0 saturated heterocycles. The van der Waals surface area contributed by atoms with Gasteiger partial charge in [0.1, 0.15) is 11.6 Å². The van der Waals surface area contributed by atoms with Crippen LogP contribution in [0.25, 0.3) is 0 Å². The average molecular weight is 246 g/mol. The largest absolute Gasteiger partial charge is 0.453 e. The first-order chi connectivity index (χ1) is 7.86. The second-order valence-electron chi connectivity index (χ2n) is 3.52. The molecule has 0 atom stereocenters. The van der Waals surface area contributed by atoms with E-state index in [1.54, 1.807) is 13.8 Å². The van der Waals surface area contributed by atoms with E-state index >= 15 is 0 Å². The summed E-state index contributed by atoms with van der Waals surface area (Å²) in [7, 11) is 0. The molecule has 0 unspecified atom stereocenters. The molecule has 5 nitrogen and oxygen atoms in total. The summed E-state index contributed by atoms with van der Waals surface area (Å²) in [6.07, 6.45) is -4.43. The van der Waals surface area contributed by atoms with Gasteiger partial charge in [-0.1, -0.05) is 0 Å². The predicted octanol–water partition coefficient (Wildman–Crippen LogP) is 2.02. The second kappa shape index (κ2) is 3.86. The molecule has 0 aromatic carbocycles. The number of hydrogen-bond donors (Lipinski definition) is 1. The molecule has 0 saturated carbocycles. The van der Waals surface area contributed by atoms with Crippen LogP contribution in [-0.4, -0.2) is 20.2 Å². The van der Waals surface area contributed by atoms with Gasteiger partial charge in [0, 0.05) is 6.92 Å². The summed E-state index contributed by atoms with van der Waals surface area (Å²) in [5.74, 6) is -0.140. The normalized spacial score (nSPS) is 12.1. The molecule has 0 aliphatic rings. The Kier molecular flexibility index (Phi) is 2.64. The fraction of sp³-hybridized carbons (Fsp3) is 0.444. The van der Waals surface area contributed by atoms with Crippen molar-refractivity contribution in [3.63, 3.8) is 0 Å². The Labute approximate surface area is 94.1 Å². The summed E-state index contributed by atoms with van der Waals surface area (Å²) in [6.45, 7) is 3.38. The maximum Gasteiger partial charge on any atom is 0.453 e. The molecular formula is C9H9F3N4O. The number of rotatable bonds is 2. The van der Waals surface area contributed by atoms with Gasteiger partial charge < -0.3 is 4.42 Å². The van der Waals surface area contributed by atoms with Crippen molar-refractivity contribution in [3.8, 4) is 0 Å². The molecule has 0 amide bonds. The minimum Gasteiger partial charge on any atom is -0.445 e. The van der Waals surface area contributed by atoms with Gasteiger partial charge in [0.25, 0.3) is 5.82 Å². The fourth-order valence-corrected chi connectivity index (χ4v) is 1.39. The van der Waals surface area contributed by atoms with Gasteiger partial charge in [0.05, 0.1) is 12.1 Å². The molecule has 0 radical (unpaired) electrons. The van der Waals surface area contributed by atoms with E-state index in [-0.39, 0.29) is 12.2 Å². The number of nitrogens with zero attached hydrogens (tertiary/aromatic N) is 3. The summed E-state index contributed by atoms with van der Waals surface area (Å²) in [5, 5.41) is 5.33. The van der Waals surface area contributed by atoms with Crippen molar-refractivity contribution < 1.29 is 17.6 Å². The first-order valence-corrected chi connectivity index (χ1v) is 4.77. The minimum atomic E-state index is -4.54. The maximum atomic E-state index is 12.2. The molecule has 2 rings (SSSR count). The van der Waals surface area contributed by atoms with Crippen LogP contribution in [0, 0.1) is 13.8 Å². The molecule has 8 heteroatoms. The Hall–Kier alpha value is -1.86.